The van der Waals surface area contributed by atoms with Crippen LogP contribution in [0.3, 0.4) is 0 Å². The van der Waals surface area contributed by atoms with Gasteiger partial charge in [0, 0.05) is 11.1 Å². The first-order valence-electron chi connectivity index (χ1n) is 8.39. The van der Waals surface area contributed by atoms with Crippen LogP contribution >= 0.6 is 0 Å². The van der Waals surface area contributed by atoms with Crippen LogP contribution in [0.2, 0.25) is 0 Å². The lowest BCUT2D eigenvalue weighted by Crippen LogP contribution is -2.08. The molecule has 0 spiro atoms. The van der Waals surface area contributed by atoms with Crippen molar-refractivity contribution in [1.82, 2.24) is 19.9 Å². The zero-order valence-electron chi connectivity index (χ0n) is 14.5. The summed E-state index contributed by atoms with van der Waals surface area (Å²) < 4.78 is 0. The molecular weight excluding hydrogens is 356 g/mol. The molecule has 0 atom stereocenters. The normalized spacial score (nSPS) is 10.6. The molecule has 0 saturated carbocycles. The average molecular weight is 370 g/mol. The topological polar surface area (TPSA) is 109 Å². The van der Waals surface area contributed by atoms with Gasteiger partial charge in [0.1, 0.15) is 22.9 Å². The van der Waals surface area contributed by atoms with Crippen LogP contribution in [0.15, 0.2) is 73.3 Å². The minimum atomic E-state index is -0.423. The zero-order valence-corrected chi connectivity index (χ0v) is 14.5. The maximum Gasteiger partial charge on any atom is 0.232 e. The Hall–Kier alpha value is -4.13. The maximum atomic E-state index is 12.6. The van der Waals surface area contributed by atoms with Crippen LogP contribution in [0.5, 0.6) is 11.5 Å². The highest BCUT2D eigenvalue weighted by atomic mass is 16.3. The number of para-hydroxylation sites is 2. The van der Waals surface area contributed by atoms with Gasteiger partial charge in [0.25, 0.3) is 0 Å². The first kappa shape index (κ1) is 17.3. The van der Waals surface area contributed by atoms with E-state index in [1.54, 1.807) is 48.5 Å². The molecule has 0 fully saturated rings. The predicted octanol–water partition coefficient (Wildman–Crippen LogP) is 3.24. The van der Waals surface area contributed by atoms with Gasteiger partial charge in [0.2, 0.25) is 5.78 Å². The number of carbonyl (C=O) groups excluding carboxylic acids is 1. The molecule has 0 saturated heterocycles. The van der Waals surface area contributed by atoms with Gasteiger partial charge in [-0.15, -0.1) is 0 Å². The number of ketones is 1. The quantitative estimate of drug-likeness (QED) is 0.531. The second kappa shape index (κ2) is 7.24. The maximum absolute atomic E-state index is 12.6. The van der Waals surface area contributed by atoms with E-state index >= 15 is 0 Å². The first-order chi connectivity index (χ1) is 13.6. The fourth-order valence-corrected chi connectivity index (χ4v) is 2.68. The summed E-state index contributed by atoms with van der Waals surface area (Å²) in [4.78, 5) is 29.3. The molecule has 0 aliphatic rings. The summed E-state index contributed by atoms with van der Waals surface area (Å²) in [6.07, 6.45) is 5.52. The fraction of sp³-hybridized carbons (Fsp3) is 0. The summed E-state index contributed by atoms with van der Waals surface area (Å²) in [5, 5.41) is 19.8. The van der Waals surface area contributed by atoms with Crippen LogP contribution in [0.1, 0.15) is 16.2 Å². The highest BCUT2D eigenvalue weighted by Gasteiger charge is 2.15. The summed E-state index contributed by atoms with van der Waals surface area (Å²) in [5.41, 5.74) is 2.19. The summed E-state index contributed by atoms with van der Waals surface area (Å²) in [7, 11) is 0. The third-order valence-corrected chi connectivity index (χ3v) is 4.13. The number of hydrogen-bond acceptors (Lipinski definition) is 7. The Morgan fingerprint density at radius 3 is 1.39 bits per heavy atom. The van der Waals surface area contributed by atoms with E-state index in [1.807, 2.05) is 0 Å². The van der Waals surface area contributed by atoms with Crippen LogP contribution in [0.25, 0.3) is 22.5 Å². The van der Waals surface area contributed by atoms with E-state index in [4.69, 9.17) is 0 Å². The molecule has 0 bridgehead atoms. The summed E-state index contributed by atoms with van der Waals surface area (Å²) in [5.74, 6) is -0.254. The number of phenolic OH excluding ortho intramolecular Hbond substituents is 2. The molecule has 0 radical (unpaired) electrons. The lowest BCUT2D eigenvalue weighted by molar-refractivity contribution is 0.102. The van der Waals surface area contributed by atoms with Crippen molar-refractivity contribution >= 4 is 5.78 Å². The Kier molecular flexibility index (Phi) is 4.47. The smallest absolute Gasteiger partial charge is 0.232 e. The Labute approximate surface area is 160 Å². The van der Waals surface area contributed by atoms with Crippen LogP contribution < -0.4 is 0 Å². The van der Waals surface area contributed by atoms with E-state index in [2.05, 4.69) is 19.9 Å². The Morgan fingerprint density at radius 2 is 1.04 bits per heavy atom. The largest absolute Gasteiger partial charge is 0.507 e. The standard InChI is InChI=1S/C21H14N4O3/c26-19-7-3-1-5-13(19)15-9-24-17(11-22-15)21(28)18-12-23-16(10-25-18)14-6-2-4-8-20(14)27/h1-12,26-27H. The van der Waals surface area contributed by atoms with Crippen molar-refractivity contribution < 1.29 is 15.0 Å². The van der Waals surface area contributed by atoms with Crippen molar-refractivity contribution in [2.75, 3.05) is 0 Å². The second-order valence-corrected chi connectivity index (χ2v) is 5.94. The molecule has 4 aromatic rings. The molecule has 2 N–H and O–H groups in total. The first-order valence-corrected chi connectivity index (χ1v) is 8.39. The minimum absolute atomic E-state index is 0.0847. The number of aromatic nitrogens is 4. The molecule has 0 aliphatic carbocycles. The van der Waals surface area contributed by atoms with Crippen molar-refractivity contribution in [1.29, 1.82) is 0 Å². The predicted molar refractivity (Wildman–Crippen MR) is 102 cm³/mol. The van der Waals surface area contributed by atoms with Gasteiger partial charge < -0.3 is 10.2 Å². The van der Waals surface area contributed by atoms with Gasteiger partial charge in [-0.25, -0.2) is 9.97 Å². The van der Waals surface area contributed by atoms with Crippen molar-refractivity contribution in [3.8, 4) is 34.0 Å². The molecule has 4 rings (SSSR count). The van der Waals surface area contributed by atoms with Crippen LogP contribution in [-0.4, -0.2) is 35.9 Å². The van der Waals surface area contributed by atoms with Crippen LogP contribution in [0, 0.1) is 0 Å². The molecule has 7 heteroatoms. The highest BCUT2D eigenvalue weighted by molar-refractivity contribution is 6.06. The summed E-state index contributed by atoms with van der Waals surface area (Å²) in [6, 6.07) is 13.5. The lowest BCUT2D eigenvalue weighted by atomic mass is 10.1. The number of hydrogen-bond donors (Lipinski definition) is 2. The molecular formula is C21H14N4O3. The fourth-order valence-electron chi connectivity index (χ4n) is 2.68. The van der Waals surface area contributed by atoms with Crippen molar-refractivity contribution in [2.45, 2.75) is 0 Å². The van der Waals surface area contributed by atoms with E-state index in [1.165, 1.54) is 24.8 Å². The Morgan fingerprint density at radius 1 is 0.607 bits per heavy atom. The number of aromatic hydroxyl groups is 2. The molecule has 28 heavy (non-hydrogen) atoms. The zero-order chi connectivity index (χ0) is 19.5. The van der Waals surface area contributed by atoms with E-state index in [0.29, 0.717) is 22.5 Å². The molecule has 7 nitrogen and oxygen atoms in total. The molecule has 0 unspecified atom stereocenters. The lowest BCUT2D eigenvalue weighted by Gasteiger charge is -2.05. The van der Waals surface area contributed by atoms with Gasteiger partial charge in [-0.05, 0) is 24.3 Å². The van der Waals surface area contributed by atoms with E-state index in [0.717, 1.165) is 0 Å². The molecule has 0 amide bonds. The summed E-state index contributed by atoms with van der Waals surface area (Å²) >= 11 is 0. The van der Waals surface area contributed by atoms with Gasteiger partial charge in [-0.3, -0.25) is 14.8 Å². The third-order valence-electron chi connectivity index (χ3n) is 4.13. The number of benzene rings is 2. The van der Waals surface area contributed by atoms with Gasteiger partial charge in [-0.1, -0.05) is 24.3 Å². The number of phenols is 2. The van der Waals surface area contributed by atoms with Crippen molar-refractivity contribution in [3.63, 3.8) is 0 Å². The number of nitrogens with zero attached hydrogens (tertiary/aromatic N) is 4. The molecule has 136 valence electrons. The number of carbonyl (C=O) groups is 1. The Balaban J connectivity index is 1.58. The monoisotopic (exact) mass is 370 g/mol. The van der Waals surface area contributed by atoms with Gasteiger partial charge >= 0.3 is 0 Å². The van der Waals surface area contributed by atoms with E-state index < -0.39 is 5.78 Å². The molecule has 0 aliphatic heterocycles. The highest BCUT2D eigenvalue weighted by Crippen LogP contribution is 2.27. The SMILES string of the molecule is O=C(c1cnc(-c2ccccc2O)cn1)c1cnc(-c2ccccc2O)cn1. The number of rotatable bonds is 4. The van der Waals surface area contributed by atoms with Gasteiger partial charge in [-0.2, -0.15) is 0 Å². The molecule has 2 heterocycles. The average Bonchev–Trinajstić information content (AvgIpc) is 2.74. The summed E-state index contributed by atoms with van der Waals surface area (Å²) in [6.45, 7) is 0. The molecule has 2 aromatic carbocycles. The van der Waals surface area contributed by atoms with Gasteiger partial charge in [0.15, 0.2) is 0 Å². The van der Waals surface area contributed by atoms with Gasteiger partial charge in [0.05, 0.1) is 36.2 Å². The minimum Gasteiger partial charge on any atom is -0.507 e. The Bertz CT molecular complexity index is 1050. The van der Waals surface area contributed by atoms with Crippen molar-refractivity contribution in [3.05, 3.63) is 84.7 Å². The van der Waals surface area contributed by atoms with E-state index in [9.17, 15) is 15.0 Å². The second-order valence-electron chi connectivity index (χ2n) is 5.94. The molecule has 2 aromatic heterocycles. The van der Waals surface area contributed by atoms with E-state index in [-0.39, 0.29) is 22.9 Å². The third kappa shape index (κ3) is 3.28. The van der Waals surface area contributed by atoms with Crippen molar-refractivity contribution in [2.24, 2.45) is 0 Å². The van der Waals surface area contributed by atoms with Crippen LogP contribution in [0.4, 0.5) is 0 Å². The van der Waals surface area contributed by atoms with Crippen LogP contribution in [-0.2, 0) is 0 Å².